The molecule has 3 rings (SSSR count). The second-order valence-electron chi connectivity index (χ2n) is 5.44. The minimum atomic E-state index is 0.630. The molecule has 2 aromatic rings. The normalized spacial score (nSPS) is 17.2. The van der Waals surface area contributed by atoms with Crippen molar-refractivity contribution in [1.82, 2.24) is 0 Å². The van der Waals surface area contributed by atoms with Gasteiger partial charge in [0.25, 0.3) is 0 Å². The van der Waals surface area contributed by atoms with Gasteiger partial charge in [-0.15, -0.1) is 0 Å². The largest absolute Gasteiger partial charge is 0.326 e. The average molecular weight is 239 g/mol. The second kappa shape index (κ2) is 5.11. The standard InChI is InChI=1S/C17H21N/c18-12-16-8-4-7-14-9-10-15(11-17(14)16)13-5-2-1-3-6-13/h4,7-11,13H,1-3,5-6,12,18H2. The molecule has 1 saturated carbocycles. The number of fused-ring (bicyclic) bond motifs is 1. The van der Waals surface area contributed by atoms with Crippen LogP contribution in [-0.4, -0.2) is 0 Å². The number of nitrogens with two attached hydrogens (primary N) is 1. The predicted molar refractivity (Wildman–Crippen MR) is 77.7 cm³/mol. The molecular formula is C17H21N. The van der Waals surface area contributed by atoms with E-state index in [9.17, 15) is 0 Å². The van der Waals surface area contributed by atoms with Gasteiger partial charge in [-0.2, -0.15) is 0 Å². The summed E-state index contributed by atoms with van der Waals surface area (Å²) >= 11 is 0. The van der Waals surface area contributed by atoms with E-state index in [0.717, 1.165) is 5.92 Å². The molecule has 0 amide bonds. The monoisotopic (exact) mass is 239 g/mol. The molecule has 0 heterocycles. The van der Waals surface area contributed by atoms with Crippen molar-refractivity contribution in [2.45, 2.75) is 44.6 Å². The van der Waals surface area contributed by atoms with Crippen molar-refractivity contribution < 1.29 is 0 Å². The quantitative estimate of drug-likeness (QED) is 0.828. The van der Waals surface area contributed by atoms with Gasteiger partial charge in [-0.05, 0) is 40.7 Å². The summed E-state index contributed by atoms with van der Waals surface area (Å²) in [5, 5.41) is 2.67. The zero-order valence-corrected chi connectivity index (χ0v) is 10.9. The Kier molecular flexibility index (Phi) is 3.33. The second-order valence-corrected chi connectivity index (χ2v) is 5.44. The molecule has 1 nitrogen and oxygen atoms in total. The van der Waals surface area contributed by atoms with Gasteiger partial charge < -0.3 is 5.73 Å². The van der Waals surface area contributed by atoms with Crippen molar-refractivity contribution in [3.05, 3.63) is 47.5 Å². The van der Waals surface area contributed by atoms with E-state index in [1.165, 1.54) is 54.0 Å². The van der Waals surface area contributed by atoms with Crippen molar-refractivity contribution in [1.29, 1.82) is 0 Å². The van der Waals surface area contributed by atoms with Gasteiger partial charge in [0.2, 0.25) is 0 Å². The van der Waals surface area contributed by atoms with Crippen molar-refractivity contribution >= 4 is 10.8 Å². The fourth-order valence-electron chi connectivity index (χ4n) is 3.22. The number of rotatable bonds is 2. The highest BCUT2D eigenvalue weighted by molar-refractivity contribution is 5.86. The van der Waals surface area contributed by atoms with Crippen LogP contribution in [-0.2, 0) is 6.54 Å². The number of benzene rings is 2. The molecule has 0 aliphatic heterocycles. The molecule has 0 aromatic heterocycles. The van der Waals surface area contributed by atoms with E-state index in [4.69, 9.17) is 5.73 Å². The van der Waals surface area contributed by atoms with E-state index < -0.39 is 0 Å². The summed E-state index contributed by atoms with van der Waals surface area (Å²) in [5.74, 6) is 0.772. The molecule has 18 heavy (non-hydrogen) atoms. The fourth-order valence-corrected chi connectivity index (χ4v) is 3.22. The summed E-state index contributed by atoms with van der Waals surface area (Å²) in [5.41, 5.74) is 8.63. The summed E-state index contributed by atoms with van der Waals surface area (Å²) in [6.07, 6.45) is 6.91. The van der Waals surface area contributed by atoms with Crippen molar-refractivity contribution in [2.24, 2.45) is 5.73 Å². The van der Waals surface area contributed by atoms with Gasteiger partial charge in [-0.3, -0.25) is 0 Å². The topological polar surface area (TPSA) is 26.0 Å². The highest BCUT2D eigenvalue weighted by Gasteiger charge is 2.15. The zero-order chi connectivity index (χ0) is 12.4. The highest BCUT2D eigenvalue weighted by atomic mass is 14.5. The molecule has 1 fully saturated rings. The predicted octanol–water partition coefficient (Wildman–Crippen LogP) is 4.35. The Morgan fingerprint density at radius 1 is 1.00 bits per heavy atom. The Labute approximate surface area is 109 Å². The van der Waals surface area contributed by atoms with Crippen LogP contribution >= 0.6 is 0 Å². The van der Waals surface area contributed by atoms with Crippen LogP contribution in [0.3, 0.4) is 0 Å². The summed E-state index contributed by atoms with van der Waals surface area (Å²) < 4.78 is 0. The Hall–Kier alpha value is -1.34. The molecule has 0 unspecified atom stereocenters. The minimum absolute atomic E-state index is 0.630. The van der Waals surface area contributed by atoms with Crippen LogP contribution in [0.2, 0.25) is 0 Å². The van der Waals surface area contributed by atoms with E-state index in [-0.39, 0.29) is 0 Å². The van der Waals surface area contributed by atoms with Gasteiger partial charge in [0, 0.05) is 6.54 Å². The van der Waals surface area contributed by atoms with Crippen LogP contribution in [0.15, 0.2) is 36.4 Å². The molecule has 2 aromatic carbocycles. The third kappa shape index (κ3) is 2.15. The van der Waals surface area contributed by atoms with E-state index in [2.05, 4.69) is 36.4 Å². The van der Waals surface area contributed by atoms with E-state index in [1.807, 2.05) is 0 Å². The Bertz CT molecular complexity index is 538. The van der Waals surface area contributed by atoms with Gasteiger partial charge in [0.1, 0.15) is 0 Å². The van der Waals surface area contributed by atoms with Crippen LogP contribution in [0.4, 0.5) is 0 Å². The van der Waals surface area contributed by atoms with Crippen molar-refractivity contribution in [3.8, 4) is 0 Å². The van der Waals surface area contributed by atoms with Crippen molar-refractivity contribution in [3.63, 3.8) is 0 Å². The summed E-state index contributed by atoms with van der Waals surface area (Å²) in [6, 6.07) is 13.4. The molecule has 1 aliphatic rings. The third-order valence-electron chi connectivity index (χ3n) is 4.29. The maximum atomic E-state index is 5.84. The van der Waals surface area contributed by atoms with E-state index in [0.29, 0.717) is 6.54 Å². The van der Waals surface area contributed by atoms with E-state index in [1.54, 1.807) is 0 Å². The molecule has 0 saturated heterocycles. The summed E-state index contributed by atoms with van der Waals surface area (Å²) in [6.45, 7) is 0.630. The number of hydrogen-bond acceptors (Lipinski definition) is 1. The fraction of sp³-hybridized carbons (Fsp3) is 0.412. The SMILES string of the molecule is NCc1cccc2ccc(C3CCCCC3)cc12. The van der Waals surface area contributed by atoms with Gasteiger partial charge in [0.15, 0.2) is 0 Å². The number of hydrogen-bond donors (Lipinski definition) is 1. The van der Waals surface area contributed by atoms with Crippen LogP contribution in [0.25, 0.3) is 10.8 Å². The first-order valence-electron chi connectivity index (χ1n) is 7.10. The van der Waals surface area contributed by atoms with Gasteiger partial charge >= 0.3 is 0 Å². The van der Waals surface area contributed by atoms with Gasteiger partial charge in [-0.25, -0.2) is 0 Å². The average Bonchev–Trinajstić information content (AvgIpc) is 2.47. The zero-order valence-electron chi connectivity index (χ0n) is 10.9. The maximum absolute atomic E-state index is 5.84. The highest BCUT2D eigenvalue weighted by Crippen LogP contribution is 2.34. The Balaban J connectivity index is 2.03. The van der Waals surface area contributed by atoms with Gasteiger partial charge in [-0.1, -0.05) is 55.7 Å². The van der Waals surface area contributed by atoms with E-state index >= 15 is 0 Å². The first kappa shape index (κ1) is 11.7. The lowest BCUT2D eigenvalue weighted by Gasteiger charge is -2.22. The lowest BCUT2D eigenvalue weighted by atomic mass is 9.83. The molecule has 2 N–H and O–H groups in total. The Morgan fingerprint density at radius 3 is 2.61 bits per heavy atom. The third-order valence-corrected chi connectivity index (χ3v) is 4.29. The summed E-state index contributed by atoms with van der Waals surface area (Å²) in [4.78, 5) is 0. The molecule has 0 spiro atoms. The molecule has 1 heteroatoms. The lowest BCUT2D eigenvalue weighted by Crippen LogP contribution is -2.05. The van der Waals surface area contributed by atoms with Crippen LogP contribution in [0.1, 0.15) is 49.1 Å². The molecule has 94 valence electrons. The molecule has 1 aliphatic carbocycles. The molecular weight excluding hydrogens is 218 g/mol. The summed E-state index contributed by atoms with van der Waals surface area (Å²) in [7, 11) is 0. The Morgan fingerprint density at radius 2 is 1.83 bits per heavy atom. The van der Waals surface area contributed by atoms with Gasteiger partial charge in [0.05, 0.1) is 0 Å². The lowest BCUT2D eigenvalue weighted by molar-refractivity contribution is 0.444. The van der Waals surface area contributed by atoms with Crippen LogP contribution in [0, 0.1) is 0 Å². The minimum Gasteiger partial charge on any atom is -0.326 e. The maximum Gasteiger partial charge on any atom is 0.0184 e. The first-order chi connectivity index (χ1) is 8.88. The molecule has 0 bridgehead atoms. The van der Waals surface area contributed by atoms with Crippen molar-refractivity contribution in [2.75, 3.05) is 0 Å². The first-order valence-corrected chi connectivity index (χ1v) is 7.10. The van der Waals surface area contributed by atoms with Crippen LogP contribution < -0.4 is 5.73 Å². The molecule has 0 radical (unpaired) electrons. The van der Waals surface area contributed by atoms with Crippen LogP contribution in [0.5, 0.6) is 0 Å². The molecule has 0 atom stereocenters. The smallest absolute Gasteiger partial charge is 0.0184 e.